The van der Waals surface area contributed by atoms with Gasteiger partial charge in [0.25, 0.3) is 0 Å². The summed E-state index contributed by atoms with van der Waals surface area (Å²) in [6.07, 6.45) is 3.59. The molecule has 0 spiro atoms. The molecule has 0 radical (unpaired) electrons. The standard InChI is InChI=1S/C41H47N5O8S2/c1-41(2,3)26-19-34(39(51-5)35(20-26)46-55-6)45-40(49)44-33-11-12-36(32-10-8-7-9-31(32)33)54-28-13-14-42-37(24-28)43-27-21-29(50-4)23-30(22-27)56-18-17-52-15-16-53-25-38(47)48/h7-14,19-24,46H,15-18,25H2,1-6H3,(H,42,43)(H,47,48)(H2,44,45,49). The van der Waals surface area contributed by atoms with E-state index in [1.165, 1.54) is 11.9 Å². The Bertz CT molecular complexity index is 2130. The third kappa shape index (κ3) is 11.8. The molecule has 0 bridgehead atoms. The molecule has 2 amide bonds. The maximum Gasteiger partial charge on any atom is 0.329 e. The van der Waals surface area contributed by atoms with E-state index in [0.29, 0.717) is 59.2 Å². The van der Waals surface area contributed by atoms with Gasteiger partial charge in [0.05, 0.1) is 51.1 Å². The van der Waals surface area contributed by atoms with Gasteiger partial charge in [-0.25, -0.2) is 14.6 Å². The van der Waals surface area contributed by atoms with Crippen LogP contribution in [0.2, 0.25) is 0 Å². The predicted octanol–water partition coefficient (Wildman–Crippen LogP) is 9.63. The van der Waals surface area contributed by atoms with Crippen LogP contribution in [0.25, 0.3) is 10.8 Å². The van der Waals surface area contributed by atoms with Crippen LogP contribution in [-0.4, -0.2) is 74.7 Å². The van der Waals surface area contributed by atoms with Crippen molar-refractivity contribution in [1.29, 1.82) is 0 Å². The van der Waals surface area contributed by atoms with Crippen molar-refractivity contribution < 1.29 is 38.4 Å². The van der Waals surface area contributed by atoms with E-state index in [-0.39, 0.29) is 18.6 Å². The number of amides is 2. The van der Waals surface area contributed by atoms with Crippen LogP contribution in [0, 0.1) is 0 Å². The molecule has 0 saturated carbocycles. The number of anilines is 5. The summed E-state index contributed by atoms with van der Waals surface area (Å²) in [5.74, 6) is 2.62. The Hall–Kier alpha value is -5.35. The van der Waals surface area contributed by atoms with Gasteiger partial charge in [-0.1, -0.05) is 57.0 Å². The number of nitrogens with zero attached hydrogens (tertiary/aromatic N) is 1. The Morgan fingerprint density at radius 1 is 0.804 bits per heavy atom. The maximum absolute atomic E-state index is 13.5. The number of ether oxygens (including phenoxy) is 5. The van der Waals surface area contributed by atoms with E-state index in [0.717, 1.165) is 32.6 Å². The number of carboxylic acid groups (broad SMARTS) is 1. The van der Waals surface area contributed by atoms with Crippen LogP contribution in [0.1, 0.15) is 26.3 Å². The summed E-state index contributed by atoms with van der Waals surface area (Å²) in [7, 11) is 3.19. The minimum Gasteiger partial charge on any atom is -0.497 e. The molecule has 5 rings (SSSR count). The van der Waals surface area contributed by atoms with Crippen molar-refractivity contribution >= 4 is 75.1 Å². The van der Waals surface area contributed by atoms with Crippen molar-refractivity contribution in [1.82, 2.24) is 4.98 Å². The topological polar surface area (TPSA) is 162 Å². The summed E-state index contributed by atoms with van der Waals surface area (Å²) in [5.41, 5.74) is 3.59. The quantitative estimate of drug-likeness (QED) is 0.0305. The van der Waals surface area contributed by atoms with Crippen LogP contribution in [0.5, 0.6) is 23.0 Å². The zero-order chi connectivity index (χ0) is 40.1. The highest BCUT2D eigenvalue weighted by atomic mass is 32.2. The highest BCUT2D eigenvalue weighted by Crippen LogP contribution is 2.40. The van der Waals surface area contributed by atoms with Gasteiger partial charge in [-0.2, -0.15) is 0 Å². The summed E-state index contributed by atoms with van der Waals surface area (Å²) in [4.78, 5) is 29.5. The van der Waals surface area contributed by atoms with Crippen molar-refractivity contribution in [3.63, 3.8) is 0 Å². The highest BCUT2D eigenvalue weighted by molar-refractivity contribution is 7.99. The van der Waals surface area contributed by atoms with Gasteiger partial charge >= 0.3 is 12.0 Å². The van der Waals surface area contributed by atoms with Crippen LogP contribution in [0.15, 0.2) is 90.0 Å². The second kappa shape index (κ2) is 20.0. The molecule has 0 atom stereocenters. The third-order valence-corrected chi connectivity index (χ3v) is 9.56. The first-order valence-electron chi connectivity index (χ1n) is 17.7. The normalized spacial score (nSPS) is 11.2. The second-order valence-electron chi connectivity index (χ2n) is 13.3. The molecular formula is C41H47N5O8S2. The van der Waals surface area contributed by atoms with Crippen molar-refractivity contribution in [3.05, 3.63) is 90.6 Å². The molecule has 0 fully saturated rings. The van der Waals surface area contributed by atoms with Gasteiger partial charge in [-0.3, -0.25) is 0 Å². The van der Waals surface area contributed by atoms with Crippen molar-refractivity contribution in [2.24, 2.45) is 0 Å². The van der Waals surface area contributed by atoms with Gasteiger partial charge in [0, 0.05) is 51.7 Å². The average Bonchev–Trinajstić information content (AvgIpc) is 3.16. The first kappa shape index (κ1) is 41.8. The summed E-state index contributed by atoms with van der Waals surface area (Å²) in [6.45, 7) is 7.02. The number of thioether (sulfide) groups is 1. The molecule has 0 saturated heterocycles. The zero-order valence-electron chi connectivity index (χ0n) is 32.2. The SMILES string of the molecule is COc1cc(Nc2cc(Oc3ccc(NC(=O)Nc4cc(C(C)(C)C)cc(NSC)c4OC)c4ccccc34)ccn2)cc(SCCOCCOCC(=O)O)c1. The molecule has 56 heavy (non-hydrogen) atoms. The van der Waals surface area contributed by atoms with Crippen molar-refractivity contribution in [3.8, 4) is 23.0 Å². The number of rotatable bonds is 19. The van der Waals surface area contributed by atoms with E-state index in [1.54, 1.807) is 44.3 Å². The molecule has 0 unspecified atom stereocenters. The lowest BCUT2D eigenvalue weighted by atomic mass is 9.86. The van der Waals surface area contributed by atoms with Crippen LogP contribution in [0.3, 0.4) is 0 Å². The number of aliphatic carboxylic acids is 1. The first-order chi connectivity index (χ1) is 27.0. The fourth-order valence-electron chi connectivity index (χ4n) is 5.57. The average molecular weight is 802 g/mol. The van der Waals surface area contributed by atoms with E-state index in [1.807, 2.05) is 73.0 Å². The lowest BCUT2D eigenvalue weighted by Crippen LogP contribution is -2.21. The smallest absolute Gasteiger partial charge is 0.329 e. The summed E-state index contributed by atoms with van der Waals surface area (Å²) >= 11 is 3.04. The number of fused-ring (bicyclic) bond motifs is 1. The Morgan fingerprint density at radius 2 is 1.55 bits per heavy atom. The molecule has 5 N–H and O–H groups in total. The lowest BCUT2D eigenvalue weighted by molar-refractivity contribution is -0.142. The highest BCUT2D eigenvalue weighted by Gasteiger charge is 2.21. The Kier molecular flexibility index (Phi) is 14.9. The summed E-state index contributed by atoms with van der Waals surface area (Å²) < 4.78 is 31.5. The number of hydrogen-bond donors (Lipinski definition) is 5. The molecule has 1 heterocycles. The van der Waals surface area contributed by atoms with Crippen LogP contribution in [-0.2, 0) is 19.7 Å². The van der Waals surface area contributed by atoms with Crippen molar-refractivity contribution in [2.45, 2.75) is 31.1 Å². The van der Waals surface area contributed by atoms with Gasteiger partial charge < -0.3 is 49.5 Å². The number of methoxy groups -OCH3 is 2. The van der Waals surface area contributed by atoms with Crippen LogP contribution >= 0.6 is 23.7 Å². The number of nitrogens with one attached hydrogen (secondary N) is 4. The van der Waals surface area contributed by atoms with E-state index < -0.39 is 12.0 Å². The second-order valence-corrected chi connectivity index (χ2v) is 15.1. The molecular weight excluding hydrogens is 755 g/mol. The minimum absolute atomic E-state index is 0.162. The Labute approximate surface area is 335 Å². The molecule has 296 valence electrons. The molecule has 1 aromatic heterocycles. The lowest BCUT2D eigenvalue weighted by Gasteiger charge is -2.24. The zero-order valence-corrected chi connectivity index (χ0v) is 33.8. The van der Waals surface area contributed by atoms with Crippen molar-refractivity contribution in [2.75, 3.05) is 73.3 Å². The fourth-order valence-corrected chi connectivity index (χ4v) is 6.78. The molecule has 0 aliphatic heterocycles. The largest absolute Gasteiger partial charge is 0.497 e. The minimum atomic E-state index is -1.01. The number of carbonyl (C=O) groups excluding carboxylic acids is 1. The third-order valence-electron chi connectivity index (χ3n) is 8.19. The van der Waals surface area contributed by atoms with Gasteiger partial charge in [0.15, 0.2) is 5.75 Å². The first-order valence-corrected chi connectivity index (χ1v) is 19.9. The molecule has 15 heteroatoms. The number of urea groups is 1. The summed E-state index contributed by atoms with van der Waals surface area (Å²) in [6, 6.07) is 24.3. The maximum atomic E-state index is 13.5. The monoisotopic (exact) mass is 801 g/mol. The fraction of sp³-hybridized carbons (Fsp3) is 0.293. The molecule has 5 aromatic rings. The van der Waals surface area contributed by atoms with Gasteiger partial charge in [0.2, 0.25) is 0 Å². The van der Waals surface area contributed by atoms with E-state index >= 15 is 0 Å². The molecule has 0 aliphatic rings. The molecule has 0 aliphatic carbocycles. The molecule has 13 nitrogen and oxygen atoms in total. The number of benzene rings is 4. The van der Waals surface area contributed by atoms with E-state index in [4.69, 9.17) is 28.8 Å². The Morgan fingerprint density at radius 3 is 2.29 bits per heavy atom. The number of carboxylic acids is 1. The number of aromatic nitrogens is 1. The molecule has 4 aromatic carbocycles. The Balaban J connectivity index is 1.27. The summed E-state index contributed by atoms with van der Waals surface area (Å²) in [5, 5.41) is 19.6. The van der Waals surface area contributed by atoms with Gasteiger partial charge in [-0.15, -0.1) is 11.8 Å². The van der Waals surface area contributed by atoms with Crippen LogP contribution < -0.4 is 34.9 Å². The van der Waals surface area contributed by atoms with Gasteiger partial charge in [0.1, 0.15) is 29.7 Å². The van der Waals surface area contributed by atoms with Gasteiger partial charge in [-0.05, 0) is 53.4 Å². The van der Waals surface area contributed by atoms with E-state index in [2.05, 4.69) is 46.4 Å². The number of hydrogen-bond acceptors (Lipinski definition) is 12. The predicted molar refractivity (Wildman–Crippen MR) is 226 cm³/mol. The number of carbonyl (C=O) groups is 2. The number of pyridine rings is 1. The van der Waals surface area contributed by atoms with E-state index in [9.17, 15) is 9.59 Å². The van der Waals surface area contributed by atoms with Crippen LogP contribution in [0.4, 0.5) is 33.4 Å².